The van der Waals surface area contributed by atoms with Gasteiger partial charge < -0.3 is 32.8 Å². The minimum Gasteiger partial charge on any atom is -0.454 e. The van der Waals surface area contributed by atoms with Gasteiger partial charge in [0.15, 0.2) is 31.9 Å². The van der Waals surface area contributed by atoms with Crippen molar-refractivity contribution in [1.29, 1.82) is 0 Å². The Morgan fingerprint density at radius 3 is 2.38 bits per heavy atom. The highest BCUT2D eigenvalue weighted by Gasteiger charge is 2.51. The fourth-order valence-corrected chi connectivity index (χ4v) is 5.88. The second kappa shape index (κ2) is 9.98. The molecule has 5 atom stereocenters. The monoisotopic (exact) mass is 528 g/mol. The maximum Gasteiger partial charge on any atom is 0.231 e. The number of hydrogen-bond donors (Lipinski definition) is 0. The summed E-state index contributed by atoms with van der Waals surface area (Å²) in [5.41, 5.74) is 2.03. The maximum atomic E-state index is 6.72. The summed E-state index contributed by atoms with van der Waals surface area (Å²) in [6.07, 6.45) is -1.44. The Morgan fingerprint density at radius 1 is 0.919 bits per heavy atom. The van der Waals surface area contributed by atoms with E-state index >= 15 is 0 Å². The molecule has 2 saturated heterocycles. The van der Waals surface area contributed by atoms with Crippen molar-refractivity contribution in [1.82, 2.24) is 0 Å². The minimum atomic E-state index is -1.99. The SMILES string of the molecule is CC1(C)O[C@@H]([C@H]2O[C@@H](c3ccccc3)OC[C@@H]2c2ccc3c(c2)OCO3)[C@H](CO[Si](C)(C)C(C)(C)C)O1. The highest BCUT2D eigenvalue weighted by Crippen LogP contribution is 2.45. The summed E-state index contributed by atoms with van der Waals surface area (Å²) < 4.78 is 43.8. The first-order valence-electron chi connectivity index (χ1n) is 13.1. The molecule has 0 radical (unpaired) electrons. The van der Waals surface area contributed by atoms with Crippen molar-refractivity contribution in [3.63, 3.8) is 0 Å². The molecule has 0 aromatic heterocycles. The Balaban J connectivity index is 1.45. The van der Waals surface area contributed by atoms with Crippen LogP contribution in [0.4, 0.5) is 0 Å². The summed E-state index contributed by atoms with van der Waals surface area (Å²) in [5.74, 6) is 0.646. The molecule has 0 saturated carbocycles. The summed E-state index contributed by atoms with van der Waals surface area (Å²) in [6.45, 7) is 16.3. The quantitative estimate of drug-likeness (QED) is 0.416. The van der Waals surface area contributed by atoms with Crippen molar-refractivity contribution < 1.29 is 32.8 Å². The summed E-state index contributed by atoms with van der Waals surface area (Å²) in [6, 6.07) is 16.1. The van der Waals surface area contributed by atoms with Crippen molar-refractivity contribution in [3.8, 4) is 11.5 Å². The standard InChI is InChI=1S/C29H40O7Si/c1-28(2,3)37(6,7)33-17-24-26(36-29(4,5)35-24)25-21(20-13-14-22-23(15-20)32-18-31-22)16-30-27(34-25)19-11-9-8-10-12-19/h8-15,21,24-27H,16-18H2,1-7H3/t21-,24+,25+,26-,27+/m1/s1. The van der Waals surface area contributed by atoms with Gasteiger partial charge in [0.05, 0.1) is 19.3 Å². The lowest BCUT2D eigenvalue weighted by atomic mass is 9.87. The van der Waals surface area contributed by atoms with Crippen LogP contribution in [0.1, 0.15) is 58.0 Å². The van der Waals surface area contributed by atoms with E-state index in [4.69, 9.17) is 32.8 Å². The molecule has 5 rings (SSSR count). The fourth-order valence-electron chi connectivity index (χ4n) is 4.86. The van der Waals surface area contributed by atoms with Crippen LogP contribution in [-0.2, 0) is 23.4 Å². The average Bonchev–Trinajstić information content (AvgIpc) is 3.45. The van der Waals surface area contributed by atoms with E-state index in [0.29, 0.717) is 13.2 Å². The number of fused-ring (bicyclic) bond motifs is 1. The second-order valence-corrected chi connectivity index (χ2v) is 16.9. The largest absolute Gasteiger partial charge is 0.454 e. The van der Waals surface area contributed by atoms with Crippen molar-refractivity contribution in [2.24, 2.45) is 0 Å². The van der Waals surface area contributed by atoms with Crippen LogP contribution < -0.4 is 9.47 Å². The second-order valence-electron chi connectivity index (χ2n) is 12.1. The third-order valence-corrected chi connectivity index (χ3v) is 12.5. The molecular formula is C29H40O7Si. The van der Waals surface area contributed by atoms with Gasteiger partial charge in [0.25, 0.3) is 0 Å². The zero-order valence-corrected chi connectivity index (χ0v) is 24.0. The Bertz CT molecular complexity index is 1080. The van der Waals surface area contributed by atoms with Crippen LogP contribution in [0.25, 0.3) is 0 Å². The van der Waals surface area contributed by atoms with E-state index in [-0.39, 0.29) is 36.1 Å². The van der Waals surface area contributed by atoms with E-state index in [0.717, 1.165) is 22.6 Å². The lowest BCUT2D eigenvalue weighted by molar-refractivity contribution is -0.256. The van der Waals surface area contributed by atoms with Crippen LogP contribution in [0.15, 0.2) is 48.5 Å². The molecule has 0 N–H and O–H groups in total. The van der Waals surface area contributed by atoms with E-state index < -0.39 is 20.4 Å². The van der Waals surface area contributed by atoms with Crippen LogP contribution in [0.3, 0.4) is 0 Å². The first-order chi connectivity index (χ1) is 17.4. The van der Waals surface area contributed by atoms with Crippen LogP contribution >= 0.6 is 0 Å². The van der Waals surface area contributed by atoms with Crippen LogP contribution in [0.5, 0.6) is 11.5 Å². The van der Waals surface area contributed by atoms with Gasteiger partial charge in [0.2, 0.25) is 6.79 Å². The fraction of sp³-hybridized carbons (Fsp3) is 0.586. The van der Waals surface area contributed by atoms with Gasteiger partial charge in [-0.15, -0.1) is 0 Å². The molecule has 8 heteroatoms. The molecule has 3 aliphatic heterocycles. The minimum absolute atomic E-state index is 0.0904. The molecule has 0 spiro atoms. The van der Waals surface area contributed by atoms with E-state index in [2.05, 4.69) is 39.9 Å². The molecule has 0 bridgehead atoms. The van der Waals surface area contributed by atoms with Crippen LogP contribution in [-0.4, -0.2) is 52.4 Å². The summed E-state index contributed by atoms with van der Waals surface area (Å²) in [7, 11) is -1.99. The molecule has 3 heterocycles. The summed E-state index contributed by atoms with van der Waals surface area (Å²) >= 11 is 0. The maximum absolute atomic E-state index is 6.72. The smallest absolute Gasteiger partial charge is 0.231 e. The molecule has 2 fully saturated rings. The Labute approximate surface area is 221 Å². The zero-order chi connectivity index (χ0) is 26.4. The topological polar surface area (TPSA) is 64.6 Å². The highest BCUT2D eigenvalue weighted by molar-refractivity contribution is 6.74. The van der Waals surface area contributed by atoms with Gasteiger partial charge in [-0.2, -0.15) is 0 Å². The highest BCUT2D eigenvalue weighted by atomic mass is 28.4. The van der Waals surface area contributed by atoms with Crippen LogP contribution in [0, 0.1) is 0 Å². The number of hydrogen-bond acceptors (Lipinski definition) is 7. The first kappa shape index (κ1) is 26.7. The molecule has 3 aliphatic rings. The van der Waals surface area contributed by atoms with Gasteiger partial charge in [0, 0.05) is 11.5 Å². The van der Waals surface area contributed by atoms with Crippen LogP contribution in [0.2, 0.25) is 18.1 Å². The number of ether oxygens (including phenoxy) is 6. The molecular weight excluding hydrogens is 488 g/mol. The van der Waals surface area contributed by atoms with E-state index in [1.165, 1.54) is 0 Å². The molecule has 7 nitrogen and oxygen atoms in total. The van der Waals surface area contributed by atoms with Gasteiger partial charge in [-0.05, 0) is 49.7 Å². The lowest BCUT2D eigenvalue weighted by Crippen LogP contribution is -2.49. The summed E-state index contributed by atoms with van der Waals surface area (Å²) in [5, 5.41) is 0.0973. The average molecular weight is 529 g/mol. The Kier molecular flexibility index (Phi) is 7.19. The predicted molar refractivity (Wildman–Crippen MR) is 142 cm³/mol. The van der Waals surface area contributed by atoms with Crippen molar-refractivity contribution >= 4 is 8.32 Å². The van der Waals surface area contributed by atoms with E-state index in [1.54, 1.807) is 0 Å². The van der Waals surface area contributed by atoms with Gasteiger partial charge in [0.1, 0.15) is 12.2 Å². The number of rotatable bonds is 6. The van der Waals surface area contributed by atoms with Crippen molar-refractivity contribution in [2.45, 2.75) is 89.1 Å². The predicted octanol–water partition coefficient (Wildman–Crippen LogP) is 6.16. The van der Waals surface area contributed by atoms with Crippen molar-refractivity contribution in [2.75, 3.05) is 20.0 Å². The zero-order valence-electron chi connectivity index (χ0n) is 23.0. The Morgan fingerprint density at radius 2 is 1.65 bits per heavy atom. The van der Waals surface area contributed by atoms with Gasteiger partial charge in [-0.25, -0.2) is 0 Å². The molecule has 2 aromatic rings. The third-order valence-electron chi connectivity index (χ3n) is 7.96. The Hall–Kier alpha value is -1.94. The molecule has 202 valence electrons. The molecule has 0 aliphatic carbocycles. The van der Waals surface area contributed by atoms with Crippen molar-refractivity contribution in [3.05, 3.63) is 59.7 Å². The molecule has 37 heavy (non-hydrogen) atoms. The lowest BCUT2D eigenvalue weighted by Gasteiger charge is -2.41. The number of benzene rings is 2. The molecule has 2 aromatic carbocycles. The van der Waals surface area contributed by atoms with Gasteiger partial charge in [-0.1, -0.05) is 57.2 Å². The first-order valence-corrected chi connectivity index (χ1v) is 16.1. The van der Waals surface area contributed by atoms with Gasteiger partial charge in [-0.3, -0.25) is 0 Å². The normalized spacial score (nSPS) is 29.4. The summed E-state index contributed by atoms with van der Waals surface area (Å²) in [4.78, 5) is 0. The third kappa shape index (κ3) is 5.60. The van der Waals surface area contributed by atoms with E-state index in [9.17, 15) is 0 Å². The van der Waals surface area contributed by atoms with Gasteiger partial charge >= 0.3 is 0 Å². The molecule has 0 amide bonds. The molecule has 0 unspecified atom stereocenters. The van der Waals surface area contributed by atoms with E-state index in [1.807, 2.05) is 56.3 Å².